The number of benzene rings is 2. The van der Waals surface area contributed by atoms with E-state index in [9.17, 15) is 14.7 Å². The molecule has 6 heteroatoms. The van der Waals surface area contributed by atoms with Crippen molar-refractivity contribution in [1.82, 2.24) is 4.90 Å². The molecule has 1 N–H and O–H groups in total. The first kappa shape index (κ1) is 20.0. The van der Waals surface area contributed by atoms with Gasteiger partial charge in [-0.1, -0.05) is 49.7 Å². The molecule has 3 rings (SSSR count). The second kappa shape index (κ2) is 8.48. The molecule has 2 aromatic carbocycles. The third-order valence-electron chi connectivity index (χ3n) is 4.41. The van der Waals surface area contributed by atoms with Crippen LogP contribution in [-0.2, 0) is 16.0 Å². The van der Waals surface area contributed by atoms with Crippen molar-refractivity contribution in [2.75, 3.05) is 13.2 Å². The summed E-state index contributed by atoms with van der Waals surface area (Å²) in [4.78, 5) is 26.2. The first-order valence-corrected chi connectivity index (χ1v) is 9.51. The Bertz CT molecular complexity index is 901. The number of halogens is 1. The van der Waals surface area contributed by atoms with E-state index in [-0.39, 0.29) is 12.1 Å². The van der Waals surface area contributed by atoms with E-state index in [1.165, 1.54) is 0 Å². The van der Waals surface area contributed by atoms with Gasteiger partial charge in [-0.2, -0.15) is 0 Å². The summed E-state index contributed by atoms with van der Waals surface area (Å²) in [6.45, 7) is 4.88. The second-order valence-electron chi connectivity index (χ2n) is 7.09. The number of ether oxygens (including phenoxy) is 1. The SMILES string of the molecule is CC(C)COc1ccc(C2=C(O)C(=O)N(CCc3ccc(Cl)cc3)C2=O)cc1. The Kier molecular flexibility index (Phi) is 6.05. The van der Waals surface area contributed by atoms with Crippen molar-refractivity contribution in [3.8, 4) is 5.75 Å². The zero-order valence-electron chi connectivity index (χ0n) is 15.8. The fourth-order valence-corrected chi connectivity index (χ4v) is 3.03. The van der Waals surface area contributed by atoms with Gasteiger partial charge in [0.25, 0.3) is 11.8 Å². The standard InChI is InChI=1S/C22H22ClNO4/c1-14(2)13-28-18-9-5-16(6-10-18)19-20(25)22(27)24(21(19)26)12-11-15-3-7-17(23)8-4-15/h3-10,14,25H,11-13H2,1-2H3. The summed E-state index contributed by atoms with van der Waals surface area (Å²) < 4.78 is 5.63. The predicted molar refractivity (Wildman–Crippen MR) is 108 cm³/mol. The van der Waals surface area contributed by atoms with Crippen molar-refractivity contribution in [2.45, 2.75) is 20.3 Å². The van der Waals surface area contributed by atoms with Crippen LogP contribution in [0, 0.1) is 5.92 Å². The lowest BCUT2D eigenvalue weighted by molar-refractivity contribution is -0.138. The maximum absolute atomic E-state index is 12.7. The molecule has 0 fully saturated rings. The van der Waals surface area contributed by atoms with E-state index >= 15 is 0 Å². The van der Waals surface area contributed by atoms with Crippen molar-refractivity contribution < 1.29 is 19.4 Å². The topological polar surface area (TPSA) is 66.8 Å². The molecular weight excluding hydrogens is 378 g/mol. The number of aliphatic hydroxyl groups excluding tert-OH is 1. The summed E-state index contributed by atoms with van der Waals surface area (Å²) in [6.07, 6.45) is 0.483. The minimum atomic E-state index is -0.672. The number of amides is 2. The van der Waals surface area contributed by atoms with Gasteiger partial charge in [0.15, 0.2) is 5.76 Å². The number of nitrogens with zero attached hydrogens (tertiary/aromatic N) is 1. The Morgan fingerprint density at radius 2 is 1.64 bits per heavy atom. The van der Waals surface area contributed by atoms with Gasteiger partial charge in [-0.3, -0.25) is 14.5 Å². The van der Waals surface area contributed by atoms with Gasteiger partial charge in [0, 0.05) is 11.6 Å². The first-order valence-electron chi connectivity index (χ1n) is 9.14. The molecule has 28 heavy (non-hydrogen) atoms. The Morgan fingerprint density at radius 1 is 1.00 bits per heavy atom. The van der Waals surface area contributed by atoms with Crippen LogP contribution in [0.3, 0.4) is 0 Å². The maximum atomic E-state index is 12.7. The van der Waals surface area contributed by atoms with Gasteiger partial charge in [0.05, 0.1) is 12.2 Å². The number of aliphatic hydroxyl groups is 1. The zero-order valence-corrected chi connectivity index (χ0v) is 16.6. The van der Waals surface area contributed by atoms with Crippen molar-refractivity contribution in [3.05, 3.63) is 70.4 Å². The predicted octanol–water partition coefficient (Wildman–Crippen LogP) is 4.26. The van der Waals surface area contributed by atoms with Crippen LogP contribution in [0.5, 0.6) is 5.75 Å². The van der Waals surface area contributed by atoms with Crippen LogP contribution in [-0.4, -0.2) is 35.0 Å². The average Bonchev–Trinajstić information content (AvgIpc) is 2.89. The highest BCUT2D eigenvalue weighted by molar-refractivity contribution is 6.34. The largest absolute Gasteiger partial charge is 0.502 e. The molecule has 2 aromatic rings. The molecule has 2 amide bonds. The summed E-state index contributed by atoms with van der Waals surface area (Å²) >= 11 is 5.87. The molecular formula is C22H22ClNO4. The molecule has 0 bridgehead atoms. The minimum Gasteiger partial charge on any atom is -0.502 e. The molecule has 0 aromatic heterocycles. The van der Waals surface area contributed by atoms with Crippen molar-refractivity contribution in [2.24, 2.45) is 5.92 Å². The minimum absolute atomic E-state index is 0.0246. The number of hydrogen-bond donors (Lipinski definition) is 1. The van der Waals surface area contributed by atoms with E-state index in [4.69, 9.17) is 16.3 Å². The lowest BCUT2D eigenvalue weighted by atomic mass is 10.1. The average molecular weight is 400 g/mol. The highest BCUT2D eigenvalue weighted by Gasteiger charge is 2.38. The normalized spacial score (nSPS) is 14.4. The summed E-state index contributed by atoms with van der Waals surface area (Å²) in [5.41, 5.74) is 1.46. The Labute approximate surface area is 169 Å². The van der Waals surface area contributed by atoms with Crippen LogP contribution in [0.1, 0.15) is 25.0 Å². The number of imide groups is 1. The lowest BCUT2D eigenvalue weighted by Crippen LogP contribution is -2.33. The van der Waals surface area contributed by atoms with Gasteiger partial charge < -0.3 is 9.84 Å². The molecule has 1 aliphatic heterocycles. The van der Waals surface area contributed by atoms with Gasteiger partial charge >= 0.3 is 0 Å². The Morgan fingerprint density at radius 3 is 2.25 bits per heavy atom. The molecule has 0 radical (unpaired) electrons. The van der Waals surface area contributed by atoms with Crippen LogP contribution in [0.2, 0.25) is 5.02 Å². The molecule has 0 aliphatic carbocycles. The second-order valence-corrected chi connectivity index (χ2v) is 7.53. The van der Waals surface area contributed by atoms with Crippen LogP contribution in [0.4, 0.5) is 0 Å². The smallest absolute Gasteiger partial charge is 0.296 e. The van der Waals surface area contributed by atoms with E-state index in [1.54, 1.807) is 36.4 Å². The highest BCUT2D eigenvalue weighted by atomic mass is 35.5. The van der Waals surface area contributed by atoms with Gasteiger partial charge in [0.2, 0.25) is 0 Å². The fourth-order valence-electron chi connectivity index (χ4n) is 2.90. The number of carbonyl (C=O) groups excluding carboxylic acids is 2. The quantitative estimate of drug-likeness (QED) is 0.706. The summed E-state index contributed by atoms with van der Waals surface area (Å²) in [7, 11) is 0. The van der Waals surface area contributed by atoms with Crippen molar-refractivity contribution in [3.63, 3.8) is 0 Å². The highest BCUT2D eigenvalue weighted by Crippen LogP contribution is 2.29. The molecule has 5 nitrogen and oxygen atoms in total. The van der Waals surface area contributed by atoms with E-state index in [2.05, 4.69) is 13.8 Å². The number of rotatable bonds is 7. The zero-order chi connectivity index (χ0) is 20.3. The molecule has 1 aliphatic rings. The van der Waals surface area contributed by atoms with Gasteiger partial charge in [-0.15, -0.1) is 0 Å². The van der Waals surface area contributed by atoms with Crippen LogP contribution >= 0.6 is 11.6 Å². The van der Waals surface area contributed by atoms with Crippen molar-refractivity contribution >= 4 is 29.0 Å². The monoisotopic (exact) mass is 399 g/mol. The maximum Gasteiger partial charge on any atom is 0.296 e. The molecule has 1 heterocycles. The third-order valence-corrected chi connectivity index (χ3v) is 4.66. The number of carbonyl (C=O) groups is 2. The fraction of sp³-hybridized carbons (Fsp3) is 0.273. The summed E-state index contributed by atoms with van der Waals surface area (Å²) in [6, 6.07) is 14.0. The molecule has 0 saturated carbocycles. The number of hydrogen-bond acceptors (Lipinski definition) is 4. The van der Waals surface area contributed by atoms with E-state index in [0.717, 1.165) is 10.5 Å². The van der Waals surface area contributed by atoms with E-state index in [0.29, 0.717) is 35.3 Å². The van der Waals surface area contributed by atoms with E-state index in [1.807, 2.05) is 12.1 Å². The molecule has 0 spiro atoms. The van der Waals surface area contributed by atoms with Gasteiger partial charge in [-0.05, 0) is 47.7 Å². The van der Waals surface area contributed by atoms with Crippen molar-refractivity contribution in [1.29, 1.82) is 0 Å². The van der Waals surface area contributed by atoms with Crippen LogP contribution in [0.25, 0.3) is 5.57 Å². The lowest BCUT2D eigenvalue weighted by Gasteiger charge is -2.14. The molecule has 0 atom stereocenters. The van der Waals surface area contributed by atoms with Crippen LogP contribution in [0.15, 0.2) is 54.3 Å². The van der Waals surface area contributed by atoms with Gasteiger partial charge in [-0.25, -0.2) is 0 Å². The van der Waals surface area contributed by atoms with E-state index < -0.39 is 17.6 Å². The molecule has 146 valence electrons. The Balaban J connectivity index is 1.71. The first-order chi connectivity index (χ1) is 13.4. The third kappa shape index (κ3) is 4.37. The summed E-state index contributed by atoms with van der Waals surface area (Å²) in [5.74, 6) is -0.609. The molecule has 0 unspecified atom stereocenters. The molecule has 0 saturated heterocycles. The Hall–Kier alpha value is -2.79. The van der Waals surface area contributed by atoms with Crippen LogP contribution < -0.4 is 4.74 Å². The summed E-state index contributed by atoms with van der Waals surface area (Å²) in [5, 5.41) is 10.9. The van der Waals surface area contributed by atoms with Gasteiger partial charge in [0.1, 0.15) is 5.75 Å².